The predicted molar refractivity (Wildman–Crippen MR) is 70.9 cm³/mol. The van der Waals surface area contributed by atoms with Crippen molar-refractivity contribution in [2.75, 3.05) is 0 Å². The minimum Gasteiger partial charge on any atom is -0.274 e. The van der Waals surface area contributed by atoms with Gasteiger partial charge in [-0.2, -0.15) is 0 Å². The lowest BCUT2D eigenvalue weighted by Crippen LogP contribution is -2.33. The second-order valence-corrected chi connectivity index (χ2v) is 7.85. The van der Waals surface area contributed by atoms with Gasteiger partial charge >= 0.3 is 0 Å². The topological polar surface area (TPSA) is 76.1 Å². The molecule has 1 heterocycles. The van der Waals surface area contributed by atoms with E-state index in [1.165, 1.54) is 37.7 Å². The van der Waals surface area contributed by atoms with Gasteiger partial charge in [0.1, 0.15) is 4.90 Å². The van der Waals surface area contributed by atoms with Crippen molar-refractivity contribution in [2.45, 2.75) is 24.2 Å². The van der Waals surface area contributed by atoms with Crippen LogP contribution in [0.2, 0.25) is 0 Å². The van der Waals surface area contributed by atoms with Gasteiger partial charge in [0.25, 0.3) is 10.0 Å². The third-order valence-corrected chi connectivity index (χ3v) is 6.55. The molecule has 1 amide bonds. The molecule has 1 N–H and O–H groups in total. The molecule has 0 aromatic carbocycles. The van der Waals surface area contributed by atoms with Crippen molar-refractivity contribution in [1.82, 2.24) is 9.71 Å². The average Bonchev–Trinajstić information content (AvgIpc) is 2.89. The maximum absolute atomic E-state index is 12.2. The lowest BCUT2D eigenvalue weighted by Gasteiger charge is -2.10. The third-order valence-electron chi connectivity index (χ3n) is 5.22. The van der Waals surface area contributed by atoms with Gasteiger partial charge < -0.3 is 0 Å². The van der Waals surface area contributed by atoms with E-state index >= 15 is 0 Å². The summed E-state index contributed by atoms with van der Waals surface area (Å²) in [6.07, 6.45) is 6.43. The van der Waals surface area contributed by atoms with Crippen LogP contribution in [0.25, 0.3) is 0 Å². The first-order valence-corrected chi connectivity index (χ1v) is 8.53. The Hall–Kier alpha value is -1.43. The monoisotopic (exact) mass is 292 g/mol. The van der Waals surface area contributed by atoms with Crippen LogP contribution in [-0.2, 0) is 14.8 Å². The number of sulfonamides is 1. The number of rotatable bonds is 3. The van der Waals surface area contributed by atoms with Crippen molar-refractivity contribution < 1.29 is 13.2 Å². The summed E-state index contributed by atoms with van der Waals surface area (Å²) in [6.45, 7) is 0. The van der Waals surface area contributed by atoms with Crippen LogP contribution >= 0.6 is 0 Å². The van der Waals surface area contributed by atoms with Crippen LogP contribution in [0.3, 0.4) is 0 Å². The first kappa shape index (κ1) is 12.3. The van der Waals surface area contributed by atoms with Crippen LogP contribution < -0.4 is 4.72 Å². The number of aromatic nitrogens is 1. The summed E-state index contributed by atoms with van der Waals surface area (Å²) in [4.78, 5) is 16.0. The molecule has 3 saturated carbocycles. The smallest absolute Gasteiger partial charge is 0.265 e. The maximum Gasteiger partial charge on any atom is 0.265 e. The molecular formula is C14H16N2O3S. The second-order valence-electron chi connectivity index (χ2n) is 6.17. The molecule has 5 nitrogen and oxygen atoms in total. The molecule has 3 aliphatic carbocycles. The standard InChI is InChI=1S/C14H16N2O3S/c17-14(13-11-8-3-4-9(6-8)12(11)13)16-20(18,19)10-2-1-5-15-7-10/h1-2,5,7-9,11-13H,3-4,6H2,(H,16,17)/t8-,9+,11+,12-,13?. The lowest BCUT2D eigenvalue weighted by molar-refractivity contribution is -0.121. The van der Waals surface area contributed by atoms with Crippen LogP contribution in [-0.4, -0.2) is 19.3 Å². The maximum atomic E-state index is 12.2. The summed E-state index contributed by atoms with van der Waals surface area (Å²) in [5.41, 5.74) is 0. The van der Waals surface area contributed by atoms with Gasteiger partial charge in [-0.05, 0) is 55.1 Å². The SMILES string of the molecule is O=C(NS(=O)(=O)c1cccnc1)C1[C@@H]2[C@H]3CC[C@H](C3)[C@H]12. The number of hydrogen-bond donors (Lipinski definition) is 1. The van der Waals surface area contributed by atoms with E-state index < -0.39 is 10.0 Å². The van der Waals surface area contributed by atoms with E-state index in [4.69, 9.17) is 0 Å². The molecule has 20 heavy (non-hydrogen) atoms. The number of fused-ring (bicyclic) bond motifs is 5. The zero-order chi connectivity index (χ0) is 13.9. The van der Waals surface area contributed by atoms with Gasteiger partial charge in [0.05, 0.1) is 0 Å². The highest BCUT2D eigenvalue weighted by atomic mass is 32.2. The van der Waals surface area contributed by atoms with Crippen molar-refractivity contribution in [1.29, 1.82) is 0 Å². The van der Waals surface area contributed by atoms with E-state index in [-0.39, 0.29) is 16.7 Å². The predicted octanol–water partition coefficient (Wildman–Crippen LogP) is 1.18. The first-order valence-electron chi connectivity index (χ1n) is 7.04. The summed E-state index contributed by atoms with van der Waals surface area (Å²) < 4.78 is 26.4. The Balaban J connectivity index is 1.49. The largest absolute Gasteiger partial charge is 0.274 e. The number of nitrogens with zero attached hydrogens (tertiary/aromatic N) is 1. The van der Waals surface area contributed by atoms with Crippen LogP contribution in [0.1, 0.15) is 19.3 Å². The van der Waals surface area contributed by atoms with E-state index in [1.54, 1.807) is 6.07 Å². The van der Waals surface area contributed by atoms with Crippen LogP contribution in [0.5, 0.6) is 0 Å². The Morgan fingerprint density at radius 1 is 1.25 bits per heavy atom. The number of nitrogens with one attached hydrogen (secondary N) is 1. The van der Waals surface area contributed by atoms with Crippen LogP contribution in [0.4, 0.5) is 0 Å². The number of pyridine rings is 1. The van der Waals surface area contributed by atoms with Gasteiger partial charge in [0.2, 0.25) is 5.91 Å². The fraction of sp³-hybridized carbons (Fsp3) is 0.571. The van der Waals surface area contributed by atoms with Gasteiger partial charge in [0, 0.05) is 18.3 Å². The molecule has 5 atom stereocenters. The lowest BCUT2D eigenvalue weighted by atomic mass is 10.0. The number of amides is 1. The van der Waals surface area contributed by atoms with Crippen molar-refractivity contribution >= 4 is 15.9 Å². The quantitative estimate of drug-likeness (QED) is 0.907. The van der Waals surface area contributed by atoms with E-state index in [1.807, 2.05) is 0 Å². The van der Waals surface area contributed by atoms with E-state index in [0.717, 1.165) is 0 Å². The molecule has 6 heteroatoms. The van der Waals surface area contributed by atoms with Crippen molar-refractivity contribution in [3.05, 3.63) is 24.5 Å². The summed E-state index contributed by atoms with van der Waals surface area (Å²) in [5.74, 6) is 1.80. The van der Waals surface area contributed by atoms with Gasteiger partial charge in [-0.15, -0.1) is 0 Å². The molecule has 2 bridgehead atoms. The molecule has 0 radical (unpaired) electrons. The van der Waals surface area contributed by atoms with E-state index in [9.17, 15) is 13.2 Å². The highest BCUT2D eigenvalue weighted by Gasteiger charge is 2.67. The Kier molecular flexibility index (Phi) is 2.49. The fourth-order valence-corrected chi connectivity index (χ4v) is 5.42. The highest BCUT2D eigenvalue weighted by molar-refractivity contribution is 7.90. The normalized spacial score (nSPS) is 37.5. The molecule has 106 valence electrons. The Morgan fingerprint density at radius 3 is 2.55 bits per heavy atom. The van der Waals surface area contributed by atoms with Crippen molar-refractivity contribution in [2.24, 2.45) is 29.6 Å². The van der Waals surface area contributed by atoms with Gasteiger partial charge in [-0.25, -0.2) is 13.1 Å². The summed E-state index contributed by atoms with van der Waals surface area (Å²) in [6, 6.07) is 2.99. The van der Waals surface area contributed by atoms with Crippen LogP contribution in [0, 0.1) is 29.6 Å². The number of hydrogen-bond acceptors (Lipinski definition) is 4. The Bertz CT molecular complexity index is 642. The first-order chi connectivity index (χ1) is 9.58. The van der Waals surface area contributed by atoms with Gasteiger partial charge in [-0.1, -0.05) is 0 Å². The minimum atomic E-state index is -3.77. The van der Waals surface area contributed by atoms with Crippen molar-refractivity contribution in [3.8, 4) is 0 Å². The Morgan fingerprint density at radius 2 is 1.95 bits per heavy atom. The molecule has 4 rings (SSSR count). The molecule has 0 aliphatic heterocycles. The molecule has 0 saturated heterocycles. The number of carbonyl (C=O) groups is 1. The molecule has 3 fully saturated rings. The third kappa shape index (κ3) is 1.70. The average molecular weight is 292 g/mol. The summed E-state index contributed by atoms with van der Waals surface area (Å²) >= 11 is 0. The molecule has 1 aromatic heterocycles. The number of carbonyl (C=O) groups excluding carboxylic acids is 1. The molecule has 1 aromatic rings. The van der Waals surface area contributed by atoms with E-state index in [0.29, 0.717) is 23.7 Å². The summed E-state index contributed by atoms with van der Waals surface area (Å²) in [7, 11) is -3.77. The van der Waals surface area contributed by atoms with Gasteiger partial charge in [0.15, 0.2) is 0 Å². The van der Waals surface area contributed by atoms with E-state index in [2.05, 4.69) is 9.71 Å². The molecule has 3 aliphatic rings. The molecule has 0 spiro atoms. The molecular weight excluding hydrogens is 276 g/mol. The van der Waals surface area contributed by atoms with Crippen molar-refractivity contribution in [3.63, 3.8) is 0 Å². The van der Waals surface area contributed by atoms with Crippen LogP contribution in [0.15, 0.2) is 29.4 Å². The Labute approximate surface area is 117 Å². The second kappa shape index (κ2) is 4.04. The fourth-order valence-electron chi connectivity index (χ4n) is 4.44. The van der Waals surface area contributed by atoms with Gasteiger partial charge in [-0.3, -0.25) is 9.78 Å². The zero-order valence-electron chi connectivity index (χ0n) is 10.9. The minimum absolute atomic E-state index is 0.0436. The molecule has 1 unspecified atom stereocenters. The highest BCUT2D eigenvalue weighted by Crippen LogP contribution is 2.69. The zero-order valence-corrected chi connectivity index (χ0v) is 11.7. The summed E-state index contributed by atoms with van der Waals surface area (Å²) in [5, 5.41) is 0.